The number of fused-ring (bicyclic) bond motifs is 1. The summed E-state index contributed by atoms with van der Waals surface area (Å²) in [7, 11) is 0. The molecular formula is C14H20N4O. The van der Waals surface area contributed by atoms with Crippen LogP contribution in [0.15, 0.2) is 29.1 Å². The van der Waals surface area contributed by atoms with Crippen molar-refractivity contribution in [2.75, 3.05) is 26.2 Å². The normalized spacial score (nSPS) is 18.2. The lowest BCUT2D eigenvalue weighted by molar-refractivity contribution is 0.191. The molecule has 1 aromatic heterocycles. The number of likely N-dealkylation sites (tertiary alicyclic amines) is 1. The molecule has 5 heteroatoms. The quantitative estimate of drug-likeness (QED) is 0.862. The van der Waals surface area contributed by atoms with Gasteiger partial charge >= 0.3 is 5.69 Å². The second-order valence-electron chi connectivity index (χ2n) is 5.18. The van der Waals surface area contributed by atoms with E-state index in [1.807, 2.05) is 28.8 Å². The van der Waals surface area contributed by atoms with Gasteiger partial charge in [-0.25, -0.2) is 4.79 Å². The molecule has 3 rings (SSSR count). The number of para-hydroxylation sites is 2. The summed E-state index contributed by atoms with van der Waals surface area (Å²) in [6, 6.07) is 8.20. The van der Waals surface area contributed by atoms with Gasteiger partial charge in [-0.1, -0.05) is 12.1 Å². The number of H-pyrrole nitrogens is 1. The fourth-order valence-electron chi connectivity index (χ4n) is 3.02. The Morgan fingerprint density at radius 3 is 2.74 bits per heavy atom. The predicted molar refractivity (Wildman–Crippen MR) is 76.3 cm³/mol. The number of piperidine rings is 1. The number of nitrogens with one attached hydrogen (secondary N) is 1. The van der Waals surface area contributed by atoms with Gasteiger partial charge in [-0.05, 0) is 25.0 Å². The lowest BCUT2D eigenvalue weighted by atomic mass is 10.0. The van der Waals surface area contributed by atoms with E-state index in [1.165, 1.54) is 0 Å². The maximum Gasteiger partial charge on any atom is 0.326 e. The van der Waals surface area contributed by atoms with Gasteiger partial charge in [0.15, 0.2) is 0 Å². The first-order valence-electron chi connectivity index (χ1n) is 6.91. The van der Waals surface area contributed by atoms with Crippen LogP contribution in [-0.2, 0) is 0 Å². The van der Waals surface area contributed by atoms with Crippen LogP contribution in [0.3, 0.4) is 0 Å². The molecule has 0 amide bonds. The highest BCUT2D eigenvalue weighted by molar-refractivity contribution is 5.75. The molecule has 19 heavy (non-hydrogen) atoms. The minimum atomic E-state index is 0.0125. The number of benzene rings is 1. The van der Waals surface area contributed by atoms with Gasteiger partial charge in [0, 0.05) is 32.2 Å². The van der Waals surface area contributed by atoms with Crippen molar-refractivity contribution in [3.8, 4) is 0 Å². The molecule has 2 heterocycles. The molecule has 3 N–H and O–H groups in total. The summed E-state index contributed by atoms with van der Waals surface area (Å²) in [5.74, 6) is 0. The fraction of sp³-hybridized carbons (Fsp3) is 0.500. The molecule has 102 valence electrons. The maximum atomic E-state index is 12.1. The summed E-state index contributed by atoms with van der Waals surface area (Å²) in [6.07, 6.45) is 2.03. The molecule has 2 aromatic rings. The van der Waals surface area contributed by atoms with E-state index in [2.05, 4.69) is 9.88 Å². The van der Waals surface area contributed by atoms with Gasteiger partial charge in [-0.15, -0.1) is 0 Å². The van der Waals surface area contributed by atoms with Crippen molar-refractivity contribution in [1.29, 1.82) is 0 Å². The van der Waals surface area contributed by atoms with E-state index in [9.17, 15) is 4.79 Å². The minimum absolute atomic E-state index is 0.0125. The molecule has 0 saturated carbocycles. The summed E-state index contributed by atoms with van der Waals surface area (Å²) in [5.41, 5.74) is 7.54. The van der Waals surface area contributed by atoms with Crippen LogP contribution in [0.2, 0.25) is 0 Å². The first kappa shape index (κ1) is 12.4. The van der Waals surface area contributed by atoms with E-state index in [0.717, 1.165) is 43.5 Å². The van der Waals surface area contributed by atoms with E-state index in [1.54, 1.807) is 0 Å². The van der Waals surface area contributed by atoms with E-state index >= 15 is 0 Å². The zero-order valence-electron chi connectivity index (χ0n) is 11.0. The Labute approximate surface area is 112 Å². The van der Waals surface area contributed by atoms with Crippen molar-refractivity contribution >= 4 is 11.0 Å². The van der Waals surface area contributed by atoms with Crippen molar-refractivity contribution in [1.82, 2.24) is 14.5 Å². The summed E-state index contributed by atoms with van der Waals surface area (Å²) in [6.45, 7) is 3.70. The molecule has 5 nitrogen and oxygen atoms in total. The predicted octanol–water partition coefficient (Wildman–Crippen LogP) is 0.925. The highest BCUT2D eigenvalue weighted by Crippen LogP contribution is 2.24. The van der Waals surface area contributed by atoms with Crippen molar-refractivity contribution in [2.45, 2.75) is 18.9 Å². The Kier molecular flexibility index (Phi) is 3.40. The molecule has 1 fully saturated rings. The zero-order valence-corrected chi connectivity index (χ0v) is 11.0. The number of aromatic nitrogens is 2. The number of nitrogens with two attached hydrogens (primary N) is 1. The van der Waals surface area contributed by atoms with Crippen molar-refractivity contribution in [3.05, 3.63) is 34.7 Å². The van der Waals surface area contributed by atoms with Crippen LogP contribution in [-0.4, -0.2) is 40.6 Å². The lowest BCUT2D eigenvalue weighted by Gasteiger charge is -2.32. The van der Waals surface area contributed by atoms with Crippen LogP contribution < -0.4 is 11.4 Å². The van der Waals surface area contributed by atoms with Crippen molar-refractivity contribution < 1.29 is 0 Å². The Morgan fingerprint density at radius 2 is 2.00 bits per heavy atom. The third-order valence-corrected chi connectivity index (χ3v) is 3.99. The number of nitrogens with zero attached hydrogens (tertiary/aromatic N) is 2. The molecule has 0 spiro atoms. The van der Waals surface area contributed by atoms with Crippen LogP contribution in [0.25, 0.3) is 11.0 Å². The average molecular weight is 260 g/mol. The van der Waals surface area contributed by atoms with Gasteiger partial charge in [0.05, 0.1) is 11.0 Å². The van der Waals surface area contributed by atoms with Gasteiger partial charge in [0.25, 0.3) is 0 Å². The summed E-state index contributed by atoms with van der Waals surface area (Å²) in [5, 5.41) is 0. The van der Waals surface area contributed by atoms with E-state index in [-0.39, 0.29) is 5.69 Å². The van der Waals surface area contributed by atoms with E-state index in [0.29, 0.717) is 12.6 Å². The number of aromatic amines is 1. The summed E-state index contributed by atoms with van der Waals surface area (Å²) < 4.78 is 1.93. The third kappa shape index (κ3) is 2.31. The highest BCUT2D eigenvalue weighted by Gasteiger charge is 2.22. The van der Waals surface area contributed by atoms with Crippen LogP contribution in [0.1, 0.15) is 18.9 Å². The van der Waals surface area contributed by atoms with Gasteiger partial charge in [-0.2, -0.15) is 0 Å². The van der Waals surface area contributed by atoms with Crippen LogP contribution in [0.5, 0.6) is 0 Å². The first-order valence-corrected chi connectivity index (χ1v) is 6.91. The fourth-order valence-corrected chi connectivity index (χ4v) is 3.02. The Balaban J connectivity index is 1.86. The number of hydrogen-bond acceptors (Lipinski definition) is 3. The van der Waals surface area contributed by atoms with Crippen LogP contribution in [0.4, 0.5) is 0 Å². The van der Waals surface area contributed by atoms with Crippen LogP contribution in [0, 0.1) is 0 Å². The molecule has 1 aliphatic rings. The SMILES string of the molecule is NCCN1CCC(n2c(=O)[nH]c3ccccc32)CC1. The molecule has 0 aliphatic carbocycles. The molecule has 1 aromatic carbocycles. The van der Waals surface area contributed by atoms with Gasteiger partial charge in [0.1, 0.15) is 0 Å². The van der Waals surface area contributed by atoms with Gasteiger partial charge in [0.2, 0.25) is 0 Å². The van der Waals surface area contributed by atoms with Crippen molar-refractivity contribution in [3.63, 3.8) is 0 Å². The van der Waals surface area contributed by atoms with Crippen molar-refractivity contribution in [2.24, 2.45) is 5.73 Å². The molecule has 0 radical (unpaired) electrons. The second-order valence-corrected chi connectivity index (χ2v) is 5.18. The largest absolute Gasteiger partial charge is 0.329 e. The molecule has 0 atom stereocenters. The lowest BCUT2D eigenvalue weighted by Crippen LogP contribution is -2.39. The summed E-state index contributed by atoms with van der Waals surface area (Å²) in [4.78, 5) is 17.4. The average Bonchev–Trinajstić information content (AvgIpc) is 2.76. The van der Waals surface area contributed by atoms with Crippen LogP contribution >= 0.6 is 0 Å². The molecule has 0 unspecified atom stereocenters. The Hall–Kier alpha value is -1.59. The number of rotatable bonds is 3. The topological polar surface area (TPSA) is 67.0 Å². The smallest absolute Gasteiger partial charge is 0.326 e. The molecule has 1 saturated heterocycles. The maximum absolute atomic E-state index is 12.1. The molecular weight excluding hydrogens is 240 g/mol. The zero-order chi connectivity index (χ0) is 13.2. The summed E-state index contributed by atoms with van der Waals surface area (Å²) >= 11 is 0. The highest BCUT2D eigenvalue weighted by atomic mass is 16.1. The monoisotopic (exact) mass is 260 g/mol. The second kappa shape index (κ2) is 5.19. The van der Waals surface area contributed by atoms with Gasteiger partial charge < -0.3 is 15.6 Å². The Morgan fingerprint density at radius 1 is 1.26 bits per heavy atom. The number of imidazole rings is 1. The number of hydrogen-bond donors (Lipinski definition) is 2. The third-order valence-electron chi connectivity index (χ3n) is 3.99. The molecule has 1 aliphatic heterocycles. The van der Waals surface area contributed by atoms with Gasteiger partial charge in [-0.3, -0.25) is 4.57 Å². The van der Waals surface area contributed by atoms with E-state index in [4.69, 9.17) is 5.73 Å². The molecule has 0 bridgehead atoms. The first-order chi connectivity index (χ1) is 9.29. The standard InChI is InChI=1S/C14H20N4O/c15-7-10-17-8-5-11(6-9-17)18-13-4-2-1-3-12(13)16-14(18)19/h1-4,11H,5-10,15H2,(H,16,19). The Bertz CT molecular complexity index is 607. The minimum Gasteiger partial charge on any atom is -0.329 e. The van der Waals surface area contributed by atoms with E-state index < -0.39 is 0 Å².